The lowest BCUT2D eigenvalue weighted by Crippen LogP contribution is -1.89. The van der Waals surface area contributed by atoms with Crippen molar-refractivity contribution >= 4 is 9.84 Å². The first-order valence-corrected chi connectivity index (χ1v) is 3.15. The van der Waals surface area contributed by atoms with Crippen molar-refractivity contribution in [2.75, 3.05) is 6.26 Å². The molecular formula is C2H4FO2S. The Morgan fingerprint density at radius 1 is 1.67 bits per heavy atom. The molecular weight excluding hydrogens is 107 g/mol. The van der Waals surface area contributed by atoms with Gasteiger partial charge in [0.25, 0.3) is 0 Å². The fourth-order valence-electron chi connectivity index (χ4n) is 0. The van der Waals surface area contributed by atoms with Crippen LogP contribution < -0.4 is 0 Å². The van der Waals surface area contributed by atoms with Gasteiger partial charge in [0, 0.05) is 6.26 Å². The fraction of sp³-hybridized carbons (Fsp3) is 0.500. The molecule has 0 saturated heterocycles. The second-order valence-electron chi connectivity index (χ2n) is 0.919. The van der Waals surface area contributed by atoms with Crippen LogP contribution in [0.25, 0.3) is 0 Å². The topological polar surface area (TPSA) is 34.1 Å². The summed E-state index contributed by atoms with van der Waals surface area (Å²) in [6, 6.07) is -0.340. The van der Waals surface area contributed by atoms with E-state index in [2.05, 4.69) is 0 Å². The molecule has 0 aliphatic rings. The van der Waals surface area contributed by atoms with Crippen molar-refractivity contribution in [1.29, 1.82) is 0 Å². The van der Waals surface area contributed by atoms with Gasteiger partial charge in [0.15, 0.2) is 9.84 Å². The Kier molecular flexibility index (Phi) is 1.52. The molecule has 1 radical (unpaired) electrons. The predicted octanol–water partition coefficient (Wildman–Crippen LogP) is 0.120. The first kappa shape index (κ1) is 5.88. The van der Waals surface area contributed by atoms with Gasteiger partial charge in [-0.1, -0.05) is 0 Å². The zero-order valence-corrected chi connectivity index (χ0v) is 4.00. The average Bonchev–Trinajstić information content (AvgIpc) is 1.35. The maximum Gasteiger partial charge on any atom is 0.245 e. The van der Waals surface area contributed by atoms with Crippen LogP contribution in [0, 0.1) is 6.01 Å². The predicted molar refractivity (Wildman–Crippen MR) is 20.3 cm³/mol. The van der Waals surface area contributed by atoms with Crippen LogP contribution in [0.4, 0.5) is 4.39 Å². The molecule has 0 saturated carbocycles. The molecule has 0 rings (SSSR count). The Labute approximate surface area is 35.9 Å². The molecule has 0 spiro atoms. The largest absolute Gasteiger partial charge is 0.245 e. The summed E-state index contributed by atoms with van der Waals surface area (Å²) in [5.41, 5.74) is 0. The van der Waals surface area contributed by atoms with E-state index in [9.17, 15) is 12.8 Å². The molecule has 37 valence electrons. The number of hydrogen-bond acceptors (Lipinski definition) is 2. The molecule has 2 nitrogen and oxygen atoms in total. The Balaban J connectivity index is 3.85. The van der Waals surface area contributed by atoms with Crippen molar-refractivity contribution in [3.63, 3.8) is 0 Å². The first-order valence-electron chi connectivity index (χ1n) is 1.20. The maximum absolute atomic E-state index is 10.8. The molecule has 4 heteroatoms. The molecule has 0 fully saturated rings. The lowest BCUT2D eigenvalue weighted by molar-refractivity contribution is 0.579. The van der Waals surface area contributed by atoms with Crippen LogP contribution in [0.5, 0.6) is 0 Å². The quantitative estimate of drug-likeness (QED) is 0.481. The fourth-order valence-corrected chi connectivity index (χ4v) is 0. The van der Waals surface area contributed by atoms with Crippen molar-refractivity contribution in [3.05, 3.63) is 6.01 Å². The zero-order valence-electron chi connectivity index (χ0n) is 3.18. The van der Waals surface area contributed by atoms with Crippen LogP contribution >= 0.6 is 0 Å². The van der Waals surface area contributed by atoms with Crippen LogP contribution in [-0.4, -0.2) is 14.7 Å². The van der Waals surface area contributed by atoms with Gasteiger partial charge in [-0.15, -0.1) is 0 Å². The number of halogens is 1. The molecule has 0 N–H and O–H groups in total. The van der Waals surface area contributed by atoms with Crippen LogP contribution in [0.15, 0.2) is 0 Å². The lowest BCUT2D eigenvalue weighted by atomic mass is 11.8. The van der Waals surface area contributed by atoms with Gasteiger partial charge < -0.3 is 0 Å². The smallest absolute Gasteiger partial charge is 0.226 e. The highest BCUT2D eigenvalue weighted by molar-refractivity contribution is 7.92. The molecule has 6 heavy (non-hydrogen) atoms. The van der Waals surface area contributed by atoms with E-state index >= 15 is 0 Å². The minimum Gasteiger partial charge on any atom is -0.226 e. The zero-order chi connectivity index (χ0) is 5.21. The SMILES string of the molecule is CS(=O)(=O)[CH]F. The van der Waals surface area contributed by atoms with Gasteiger partial charge >= 0.3 is 0 Å². The Hall–Kier alpha value is -0.120. The van der Waals surface area contributed by atoms with Gasteiger partial charge in [0.2, 0.25) is 6.01 Å². The van der Waals surface area contributed by atoms with Gasteiger partial charge in [-0.2, -0.15) is 0 Å². The maximum atomic E-state index is 10.8. The van der Waals surface area contributed by atoms with E-state index in [-0.39, 0.29) is 6.01 Å². The van der Waals surface area contributed by atoms with Crippen molar-refractivity contribution in [1.82, 2.24) is 0 Å². The van der Waals surface area contributed by atoms with Gasteiger partial charge in [0.05, 0.1) is 0 Å². The lowest BCUT2D eigenvalue weighted by Gasteiger charge is -1.76. The second-order valence-corrected chi connectivity index (χ2v) is 2.76. The Bertz CT molecular complexity index is 114. The second kappa shape index (κ2) is 1.55. The monoisotopic (exact) mass is 111 g/mol. The molecule has 0 aromatic heterocycles. The summed E-state index contributed by atoms with van der Waals surface area (Å²) in [6.45, 7) is 0. The van der Waals surface area contributed by atoms with Crippen LogP contribution in [-0.2, 0) is 9.84 Å². The number of hydrogen-bond donors (Lipinski definition) is 0. The van der Waals surface area contributed by atoms with E-state index in [4.69, 9.17) is 0 Å². The van der Waals surface area contributed by atoms with Gasteiger partial charge in [-0.3, -0.25) is 0 Å². The molecule has 0 bridgehead atoms. The van der Waals surface area contributed by atoms with E-state index < -0.39 is 9.84 Å². The van der Waals surface area contributed by atoms with E-state index in [1.54, 1.807) is 0 Å². The van der Waals surface area contributed by atoms with E-state index in [1.165, 1.54) is 0 Å². The molecule has 0 aromatic carbocycles. The highest BCUT2D eigenvalue weighted by atomic mass is 32.2. The van der Waals surface area contributed by atoms with Crippen molar-refractivity contribution in [2.24, 2.45) is 0 Å². The van der Waals surface area contributed by atoms with Gasteiger partial charge in [0.1, 0.15) is 0 Å². The highest BCUT2D eigenvalue weighted by Gasteiger charge is 1.96. The van der Waals surface area contributed by atoms with Crippen molar-refractivity contribution in [3.8, 4) is 0 Å². The summed E-state index contributed by atoms with van der Waals surface area (Å²) in [7, 11) is -3.45. The third kappa shape index (κ3) is 3.88. The van der Waals surface area contributed by atoms with Crippen molar-refractivity contribution in [2.45, 2.75) is 0 Å². The standard InChI is InChI=1S/C2H4FO2S/c1-6(4,5)2-3/h2H,1H3. The Morgan fingerprint density at radius 3 is 1.83 bits per heavy atom. The van der Waals surface area contributed by atoms with Gasteiger partial charge in [-0.25, -0.2) is 12.8 Å². The van der Waals surface area contributed by atoms with E-state index in [0.717, 1.165) is 6.26 Å². The molecule has 0 unspecified atom stereocenters. The molecule has 0 aliphatic heterocycles. The molecule has 0 aromatic rings. The normalized spacial score (nSPS) is 11.7. The Morgan fingerprint density at radius 2 is 1.83 bits per heavy atom. The first-order chi connectivity index (χ1) is 2.56. The molecule has 0 aliphatic carbocycles. The highest BCUT2D eigenvalue weighted by Crippen LogP contribution is 1.86. The van der Waals surface area contributed by atoms with Crippen LogP contribution in [0.2, 0.25) is 0 Å². The minimum absolute atomic E-state index is 0.340. The third-order valence-corrected chi connectivity index (χ3v) is 0.485. The molecule has 0 atom stereocenters. The summed E-state index contributed by atoms with van der Waals surface area (Å²) in [5.74, 6) is 0. The summed E-state index contributed by atoms with van der Waals surface area (Å²) < 4.78 is 29.9. The summed E-state index contributed by atoms with van der Waals surface area (Å²) in [6.07, 6.45) is 0.785. The van der Waals surface area contributed by atoms with Crippen LogP contribution in [0.1, 0.15) is 0 Å². The summed E-state index contributed by atoms with van der Waals surface area (Å²) >= 11 is 0. The van der Waals surface area contributed by atoms with Gasteiger partial charge in [-0.05, 0) is 0 Å². The average molecular weight is 111 g/mol. The van der Waals surface area contributed by atoms with Crippen LogP contribution in [0.3, 0.4) is 0 Å². The summed E-state index contributed by atoms with van der Waals surface area (Å²) in [4.78, 5) is 0. The summed E-state index contributed by atoms with van der Waals surface area (Å²) in [5, 5.41) is 0. The third-order valence-electron chi connectivity index (χ3n) is 0.162. The van der Waals surface area contributed by atoms with E-state index in [0.29, 0.717) is 0 Å². The number of rotatable bonds is 1. The van der Waals surface area contributed by atoms with E-state index in [1.807, 2.05) is 0 Å². The molecule has 0 heterocycles. The number of sulfone groups is 1. The molecule has 0 amide bonds. The minimum atomic E-state index is -3.45. The van der Waals surface area contributed by atoms with Crippen molar-refractivity contribution < 1.29 is 12.8 Å².